The van der Waals surface area contributed by atoms with E-state index in [9.17, 15) is 14.0 Å². The van der Waals surface area contributed by atoms with E-state index in [1.54, 1.807) is 60.7 Å². The highest BCUT2D eigenvalue weighted by Gasteiger charge is 2.08. The average molecular weight is 424 g/mol. The molecule has 0 fully saturated rings. The molecule has 0 aliphatic carbocycles. The molecule has 7 heteroatoms. The van der Waals surface area contributed by atoms with Crippen LogP contribution in [0.3, 0.4) is 0 Å². The van der Waals surface area contributed by atoms with Crippen molar-refractivity contribution in [3.63, 3.8) is 0 Å². The molecule has 3 aromatic carbocycles. The maximum atomic E-state index is 12.9. The van der Waals surface area contributed by atoms with Crippen molar-refractivity contribution in [1.29, 1.82) is 0 Å². The Morgan fingerprint density at radius 1 is 0.867 bits per heavy atom. The van der Waals surface area contributed by atoms with Crippen molar-refractivity contribution < 1.29 is 18.7 Å². The number of hydrogen-bond acceptors (Lipinski definition) is 4. The van der Waals surface area contributed by atoms with E-state index in [-0.39, 0.29) is 23.4 Å². The lowest BCUT2D eigenvalue weighted by atomic mass is 10.2. The fraction of sp³-hybridized carbons (Fsp3) is 0.130. The minimum absolute atomic E-state index is 0.184. The number of rotatable bonds is 8. The molecular formula is C23H21FN2O3S. The Kier molecular flexibility index (Phi) is 7.45. The van der Waals surface area contributed by atoms with E-state index in [4.69, 9.17) is 4.74 Å². The van der Waals surface area contributed by atoms with Crippen LogP contribution in [0.4, 0.5) is 15.8 Å². The van der Waals surface area contributed by atoms with Gasteiger partial charge in [-0.05, 0) is 79.7 Å². The molecule has 0 saturated carbocycles. The highest BCUT2D eigenvalue weighted by atomic mass is 32.2. The zero-order valence-corrected chi connectivity index (χ0v) is 17.2. The van der Waals surface area contributed by atoms with Crippen LogP contribution in [0.1, 0.15) is 17.3 Å². The Balaban J connectivity index is 1.50. The van der Waals surface area contributed by atoms with Crippen molar-refractivity contribution in [2.75, 3.05) is 23.0 Å². The van der Waals surface area contributed by atoms with E-state index < -0.39 is 0 Å². The van der Waals surface area contributed by atoms with Crippen LogP contribution in [-0.2, 0) is 4.79 Å². The summed E-state index contributed by atoms with van der Waals surface area (Å²) in [5.74, 6) is 0.203. The summed E-state index contributed by atoms with van der Waals surface area (Å²) >= 11 is 1.32. The van der Waals surface area contributed by atoms with Crippen LogP contribution < -0.4 is 15.4 Å². The lowest BCUT2D eigenvalue weighted by molar-refractivity contribution is -0.113. The number of nitrogens with one attached hydrogen (secondary N) is 2. The Bertz CT molecular complexity index is 990. The zero-order valence-electron chi connectivity index (χ0n) is 16.4. The van der Waals surface area contributed by atoms with Gasteiger partial charge in [0, 0.05) is 21.8 Å². The first-order chi connectivity index (χ1) is 14.5. The lowest BCUT2D eigenvalue weighted by Crippen LogP contribution is -2.15. The van der Waals surface area contributed by atoms with Crippen LogP contribution in [0.5, 0.6) is 5.75 Å². The molecule has 0 radical (unpaired) electrons. The Hall–Kier alpha value is -3.32. The topological polar surface area (TPSA) is 67.4 Å². The average Bonchev–Trinajstić information content (AvgIpc) is 2.75. The molecule has 0 unspecified atom stereocenters. The SMILES string of the molecule is CCOc1ccc(NC(=O)c2ccc(NC(=O)CSc3ccc(F)cc3)cc2)cc1. The predicted octanol–water partition coefficient (Wildman–Crippen LogP) is 5.21. The Morgan fingerprint density at radius 2 is 1.47 bits per heavy atom. The molecule has 0 aliphatic rings. The number of anilines is 2. The summed E-state index contributed by atoms with van der Waals surface area (Å²) in [7, 11) is 0. The fourth-order valence-corrected chi connectivity index (χ4v) is 3.28. The van der Waals surface area contributed by atoms with E-state index in [1.807, 2.05) is 6.92 Å². The van der Waals surface area contributed by atoms with Gasteiger partial charge in [0.05, 0.1) is 12.4 Å². The number of benzene rings is 3. The summed E-state index contributed by atoms with van der Waals surface area (Å²) in [5, 5.41) is 5.60. The van der Waals surface area contributed by atoms with Crippen molar-refractivity contribution >= 4 is 35.0 Å². The van der Waals surface area contributed by atoms with Gasteiger partial charge in [-0.1, -0.05) is 0 Å². The number of thioether (sulfide) groups is 1. The van der Waals surface area contributed by atoms with E-state index in [0.717, 1.165) is 10.6 Å². The molecule has 2 N–H and O–H groups in total. The number of amides is 2. The minimum Gasteiger partial charge on any atom is -0.494 e. The third-order valence-corrected chi connectivity index (χ3v) is 5.05. The Morgan fingerprint density at radius 3 is 2.10 bits per heavy atom. The van der Waals surface area contributed by atoms with Gasteiger partial charge in [-0.15, -0.1) is 11.8 Å². The highest BCUT2D eigenvalue weighted by Crippen LogP contribution is 2.19. The molecule has 2 amide bonds. The standard InChI is InChI=1S/C23H21FN2O3S/c1-2-29-20-11-9-19(10-12-20)26-23(28)16-3-7-18(8-4-16)25-22(27)15-30-21-13-5-17(24)6-14-21/h3-14H,2,15H2,1H3,(H,25,27)(H,26,28). The number of hydrogen-bond donors (Lipinski definition) is 2. The molecule has 30 heavy (non-hydrogen) atoms. The summed E-state index contributed by atoms with van der Waals surface area (Å²) < 4.78 is 18.3. The second-order valence-corrected chi connectivity index (χ2v) is 7.33. The largest absolute Gasteiger partial charge is 0.494 e. The molecule has 0 heterocycles. The van der Waals surface area contributed by atoms with Gasteiger partial charge in [-0.3, -0.25) is 9.59 Å². The molecular weight excluding hydrogens is 403 g/mol. The molecule has 0 bridgehead atoms. The molecule has 154 valence electrons. The lowest BCUT2D eigenvalue weighted by Gasteiger charge is -2.09. The van der Waals surface area contributed by atoms with E-state index >= 15 is 0 Å². The van der Waals surface area contributed by atoms with E-state index in [2.05, 4.69) is 10.6 Å². The van der Waals surface area contributed by atoms with Gasteiger partial charge < -0.3 is 15.4 Å². The van der Waals surface area contributed by atoms with Gasteiger partial charge in [0.25, 0.3) is 5.91 Å². The first-order valence-electron chi connectivity index (χ1n) is 9.36. The first-order valence-corrected chi connectivity index (χ1v) is 10.3. The molecule has 0 aliphatic heterocycles. The van der Waals surface area contributed by atoms with Crippen molar-refractivity contribution in [1.82, 2.24) is 0 Å². The van der Waals surface area contributed by atoms with Crippen LogP contribution >= 0.6 is 11.8 Å². The van der Waals surface area contributed by atoms with Gasteiger partial charge in [0.2, 0.25) is 5.91 Å². The van der Waals surface area contributed by atoms with Gasteiger partial charge >= 0.3 is 0 Å². The van der Waals surface area contributed by atoms with Crippen LogP contribution in [0.15, 0.2) is 77.7 Å². The van der Waals surface area contributed by atoms with Crippen LogP contribution in [0, 0.1) is 5.82 Å². The summed E-state index contributed by atoms with van der Waals surface area (Å²) in [4.78, 5) is 25.3. The number of ether oxygens (including phenoxy) is 1. The molecule has 5 nitrogen and oxygen atoms in total. The summed E-state index contributed by atoms with van der Waals surface area (Å²) in [6.07, 6.45) is 0. The molecule has 3 aromatic rings. The van der Waals surface area contributed by atoms with Gasteiger partial charge in [-0.2, -0.15) is 0 Å². The van der Waals surface area contributed by atoms with Crippen molar-refractivity contribution in [3.05, 3.63) is 84.2 Å². The smallest absolute Gasteiger partial charge is 0.255 e. The first kappa shape index (κ1) is 21.4. The molecule has 0 aromatic heterocycles. The van der Waals surface area contributed by atoms with Gasteiger partial charge in [-0.25, -0.2) is 4.39 Å². The van der Waals surface area contributed by atoms with E-state index in [1.165, 1.54) is 23.9 Å². The third-order valence-electron chi connectivity index (χ3n) is 4.04. The molecule has 0 saturated heterocycles. The van der Waals surface area contributed by atoms with Crippen LogP contribution in [0.25, 0.3) is 0 Å². The summed E-state index contributed by atoms with van der Waals surface area (Å²) in [5.41, 5.74) is 1.73. The van der Waals surface area contributed by atoms with Crippen molar-refractivity contribution in [2.24, 2.45) is 0 Å². The molecule has 0 atom stereocenters. The van der Waals surface area contributed by atoms with E-state index in [0.29, 0.717) is 23.5 Å². The number of halogens is 1. The molecule has 0 spiro atoms. The van der Waals surface area contributed by atoms with Crippen molar-refractivity contribution in [3.8, 4) is 5.75 Å². The number of carbonyl (C=O) groups is 2. The molecule has 3 rings (SSSR count). The monoisotopic (exact) mass is 424 g/mol. The highest BCUT2D eigenvalue weighted by molar-refractivity contribution is 8.00. The maximum absolute atomic E-state index is 12.9. The summed E-state index contributed by atoms with van der Waals surface area (Å²) in [6.45, 7) is 2.49. The third kappa shape index (κ3) is 6.35. The summed E-state index contributed by atoms with van der Waals surface area (Å²) in [6, 6.07) is 19.8. The normalized spacial score (nSPS) is 10.3. The fourth-order valence-electron chi connectivity index (χ4n) is 2.59. The number of carbonyl (C=O) groups excluding carboxylic acids is 2. The van der Waals surface area contributed by atoms with Gasteiger partial charge in [0.1, 0.15) is 11.6 Å². The van der Waals surface area contributed by atoms with Crippen molar-refractivity contribution in [2.45, 2.75) is 11.8 Å². The zero-order chi connectivity index (χ0) is 21.3. The second-order valence-electron chi connectivity index (χ2n) is 6.28. The second kappa shape index (κ2) is 10.5. The predicted molar refractivity (Wildman–Crippen MR) is 118 cm³/mol. The Labute approximate surface area is 178 Å². The van der Waals surface area contributed by atoms with Gasteiger partial charge in [0.15, 0.2) is 0 Å². The maximum Gasteiger partial charge on any atom is 0.255 e. The van der Waals surface area contributed by atoms with Crippen LogP contribution in [-0.4, -0.2) is 24.2 Å². The quantitative estimate of drug-likeness (QED) is 0.487. The minimum atomic E-state index is -0.310. The van der Waals surface area contributed by atoms with Crippen LogP contribution in [0.2, 0.25) is 0 Å².